The Bertz CT molecular complexity index is 561. The summed E-state index contributed by atoms with van der Waals surface area (Å²) in [6.07, 6.45) is 2.95. The van der Waals surface area contributed by atoms with E-state index in [1.807, 2.05) is 24.3 Å². The number of hydrogen-bond donors (Lipinski definition) is 1. The average Bonchev–Trinajstić information content (AvgIpc) is 2.70. The molecule has 5 heteroatoms. The summed E-state index contributed by atoms with van der Waals surface area (Å²) in [4.78, 5) is 15.2. The molecule has 1 aromatic heterocycles. The van der Waals surface area contributed by atoms with E-state index in [-0.39, 0.29) is 5.69 Å². The van der Waals surface area contributed by atoms with Gasteiger partial charge in [-0.15, -0.1) is 0 Å². The number of carbonyl (C=O) groups is 1. The van der Waals surface area contributed by atoms with Crippen molar-refractivity contribution in [3.8, 4) is 0 Å². The molecule has 94 valence electrons. The topological polar surface area (TPSA) is 55.1 Å². The number of carboxylic acid groups (broad SMARTS) is 1. The lowest BCUT2D eigenvalue weighted by molar-refractivity contribution is 0.0685. The van der Waals surface area contributed by atoms with E-state index in [2.05, 4.69) is 20.9 Å². The summed E-state index contributed by atoms with van der Waals surface area (Å²) in [6.45, 7) is 0. The average molecular weight is 309 g/mol. The monoisotopic (exact) mass is 308 g/mol. The van der Waals surface area contributed by atoms with Crippen LogP contribution in [0.4, 0.5) is 0 Å². The number of aromatic carboxylic acids is 1. The normalized spacial score (nSPS) is 10.6. The van der Waals surface area contributed by atoms with E-state index in [0.717, 1.165) is 10.9 Å². The van der Waals surface area contributed by atoms with Gasteiger partial charge in [0.25, 0.3) is 0 Å². The first-order valence-electron chi connectivity index (χ1n) is 5.56. The van der Waals surface area contributed by atoms with Gasteiger partial charge in [0, 0.05) is 11.5 Å². The SMILES string of the molecule is Cn1cnc(CCc2ccc(Br)cc2)c1C(=O)O. The van der Waals surface area contributed by atoms with E-state index in [9.17, 15) is 4.79 Å². The minimum Gasteiger partial charge on any atom is -0.477 e. The minimum absolute atomic E-state index is 0.270. The van der Waals surface area contributed by atoms with Crippen molar-refractivity contribution in [3.05, 3.63) is 52.0 Å². The molecule has 18 heavy (non-hydrogen) atoms. The van der Waals surface area contributed by atoms with Gasteiger partial charge in [-0.2, -0.15) is 0 Å². The van der Waals surface area contributed by atoms with Crippen LogP contribution in [0.3, 0.4) is 0 Å². The second-order valence-electron chi connectivity index (χ2n) is 4.08. The largest absolute Gasteiger partial charge is 0.477 e. The van der Waals surface area contributed by atoms with E-state index in [1.54, 1.807) is 17.9 Å². The van der Waals surface area contributed by atoms with Crippen molar-refractivity contribution in [1.29, 1.82) is 0 Å². The highest BCUT2D eigenvalue weighted by Gasteiger charge is 2.15. The van der Waals surface area contributed by atoms with Crippen LogP contribution >= 0.6 is 15.9 Å². The zero-order valence-corrected chi connectivity index (χ0v) is 11.5. The third kappa shape index (κ3) is 2.79. The molecule has 0 saturated carbocycles. The summed E-state index contributed by atoms with van der Waals surface area (Å²) >= 11 is 3.38. The zero-order valence-electron chi connectivity index (χ0n) is 9.93. The molecule has 0 aliphatic heterocycles. The molecule has 0 amide bonds. The van der Waals surface area contributed by atoms with Gasteiger partial charge < -0.3 is 9.67 Å². The zero-order chi connectivity index (χ0) is 13.1. The first-order chi connectivity index (χ1) is 8.58. The van der Waals surface area contributed by atoms with Crippen LogP contribution in [0.2, 0.25) is 0 Å². The highest BCUT2D eigenvalue weighted by atomic mass is 79.9. The first-order valence-corrected chi connectivity index (χ1v) is 6.35. The van der Waals surface area contributed by atoms with Crippen molar-refractivity contribution in [1.82, 2.24) is 9.55 Å². The van der Waals surface area contributed by atoms with Crippen molar-refractivity contribution in [3.63, 3.8) is 0 Å². The van der Waals surface area contributed by atoms with Crippen LogP contribution in [0.15, 0.2) is 35.1 Å². The van der Waals surface area contributed by atoms with E-state index in [1.165, 1.54) is 5.56 Å². The molecule has 0 unspecified atom stereocenters. The highest BCUT2D eigenvalue weighted by molar-refractivity contribution is 9.10. The van der Waals surface area contributed by atoms with Gasteiger partial charge in [-0.1, -0.05) is 28.1 Å². The van der Waals surface area contributed by atoms with Gasteiger partial charge in [-0.25, -0.2) is 9.78 Å². The number of imidazole rings is 1. The van der Waals surface area contributed by atoms with Crippen LogP contribution in [0.5, 0.6) is 0 Å². The molecular formula is C13H13BrN2O2. The number of hydrogen-bond acceptors (Lipinski definition) is 2. The lowest BCUT2D eigenvalue weighted by Crippen LogP contribution is -2.08. The fraction of sp³-hybridized carbons (Fsp3) is 0.231. The third-order valence-corrected chi connectivity index (χ3v) is 3.31. The van der Waals surface area contributed by atoms with Crippen LogP contribution in [0, 0.1) is 0 Å². The molecule has 0 saturated heterocycles. The van der Waals surface area contributed by atoms with Crippen molar-refractivity contribution in [2.45, 2.75) is 12.8 Å². The van der Waals surface area contributed by atoms with Gasteiger partial charge in [-0.3, -0.25) is 0 Å². The summed E-state index contributed by atoms with van der Waals surface area (Å²) in [6, 6.07) is 8.00. The summed E-state index contributed by atoms with van der Waals surface area (Å²) < 4.78 is 2.58. The number of aryl methyl sites for hydroxylation is 3. The quantitative estimate of drug-likeness (QED) is 0.944. The van der Waals surface area contributed by atoms with Gasteiger partial charge in [0.2, 0.25) is 0 Å². The molecule has 0 bridgehead atoms. The molecule has 2 rings (SSSR count). The third-order valence-electron chi connectivity index (χ3n) is 2.78. The Labute approximate surface area is 113 Å². The van der Waals surface area contributed by atoms with Crippen LogP contribution in [-0.4, -0.2) is 20.6 Å². The standard InChI is InChI=1S/C13H13BrN2O2/c1-16-8-15-11(12(16)13(17)18)7-4-9-2-5-10(14)6-3-9/h2-3,5-6,8H,4,7H2,1H3,(H,17,18). The summed E-state index contributed by atoms with van der Waals surface area (Å²) in [7, 11) is 1.69. The Balaban J connectivity index is 2.11. The second-order valence-corrected chi connectivity index (χ2v) is 5.00. The van der Waals surface area contributed by atoms with Crippen LogP contribution in [0.1, 0.15) is 21.7 Å². The maximum atomic E-state index is 11.1. The molecule has 0 radical (unpaired) electrons. The minimum atomic E-state index is -0.930. The van der Waals surface area contributed by atoms with Crippen LogP contribution in [-0.2, 0) is 19.9 Å². The Morgan fingerprint density at radius 2 is 2.00 bits per heavy atom. The number of benzene rings is 1. The molecule has 0 spiro atoms. The fourth-order valence-electron chi connectivity index (χ4n) is 1.85. The molecular weight excluding hydrogens is 296 g/mol. The summed E-state index contributed by atoms with van der Waals surface area (Å²) in [5.41, 5.74) is 2.07. The molecule has 4 nitrogen and oxygen atoms in total. The molecule has 0 atom stereocenters. The molecule has 1 N–H and O–H groups in total. The van der Waals surface area contributed by atoms with Gasteiger partial charge in [0.1, 0.15) is 5.69 Å². The molecule has 1 aromatic carbocycles. The van der Waals surface area contributed by atoms with E-state index < -0.39 is 5.97 Å². The number of carboxylic acids is 1. The van der Waals surface area contributed by atoms with E-state index >= 15 is 0 Å². The number of aromatic nitrogens is 2. The van der Waals surface area contributed by atoms with Crippen molar-refractivity contribution >= 4 is 21.9 Å². The number of halogens is 1. The molecule has 2 aromatic rings. The number of rotatable bonds is 4. The van der Waals surface area contributed by atoms with Gasteiger partial charge in [0.15, 0.2) is 0 Å². The van der Waals surface area contributed by atoms with Crippen molar-refractivity contribution in [2.24, 2.45) is 7.05 Å². The molecule has 0 aliphatic rings. The number of nitrogens with zero attached hydrogens (tertiary/aromatic N) is 2. The highest BCUT2D eigenvalue weighted by Crippen LogP contribution is 2.14. The van der Waals surface area contributed by atoms with Crippen molar-refractivity contribution in [2.75, 3.05) is 0 Å². The smallest absolute Gasteiger partial charge is 0.354 e. The van der Waals surface area contributed by atoms with Crippen LogP contribution in [0.25, 0.3) is 0 Å². The Morgan fingerprint density at radius 3 is 2.61 bits per heavy atom. The molecule has 0 aliphatic carbocycles. The van der Waals surface area contributed by atoms with E-state index in [4.69, 9.17) is 5.11 Å². The molecule has 1 heterocycles. The predicted octanol–water partition coefficient (Wildman–Crippen LogP) is 2.67. The maximum absolute atomic E-state index is 11.1. The molecule has 0 fully saturated rings. The Morgan fingerprint density at radius 1 is 1.33 bits per heavy atom. The second kappa shape index (κ2) is 5.35. The lowest BCUT2D eigenvalue weighted by atomic mass is 10.1. The first kappa shape index (κ1) is 12.8. The van der Waals surface area contributed by atoms with Gasteiger partial charge in [-0.05, 0) is 30.5 Å². The maximum Gasteiger partial charge on any atom is 0.354 e. The summed E-state index contributed by atoms with van der Waals surface area (Å²) in [5, 5.41) is 9.10. The Kier molecular flexibility index (Phi) is 3.81. The van der Waals surface area contributed by atoms with Gasteiger partial charge >= 0.3 is 5.97 Å². The van der Waals surface area contributed by atoms with E-state index in [0.29, 0.717) is 12.1 Å². The lowest BCUT2D eigenvalue weighted by Gasteiger charge is -2.02. The Hall–Kier alpha value is -1.62. The van der Waals surface area contributed by atoms with Crippen molar-refractivity contribution < 1.29 is 9.90 Å². The predicted molar refractivity (Wildman–Crippen MR) is 71.7 cm³/mol. The van der Waals surface area contributed by atoms with Gasteiger partial charge in [0.05, 0.1) is 12.0 Å². The van der Waals surface area contributed by atoms with Crippen LogP contribution < -0.4 is 0 Å². The summed E-state index contributed by atoms with van der Waals surface area (Å²) in [5.74, 6) is -0.930. The fourth-order valence-corrected chi connectivity index (χ4v) is 2.11.